The quantitative estimate of drug-likeness (QED) is 0.833. The molecule has 0 bridgehead atoms. The molecule has 0 saturated carbocycles. The summed E-state index contributed by atoms with van der Waals surface area (Å²) in [6, 6.07) is 0.166. The first-order valence-corrected chi connectivity index (χ1v) is 7.29. The summed E-state index contributed by atoms with van der Waals surface area (Å²) in [5.41, 5.74) is 0. The van der Waals surface area contributed by atoms with Crippen molar-refractivity contribution in [3.05, 3.63) is 11.1 Å². The fraction of sp³-hybridized carbons (Fsp3) is 0.769. The van der Waals surface area contributed by atoms with Gasteiger partial charge in [0, 0.05) is 43.2 Å². The van der Waals surface area contributed by atoms with E-state index in [4.69, 9.17) is 0 Å². The second kappa shape index (κ2) is 7.26. The molecule has 1 heterocycles. The Morgan fingerprint density at radius 3 is 2.28 bits per heavy atom. The van der Waals surface area contributed by atoms with Gasteiger partial charge in [-0.1, -0.05) is 22.5 Å². The zero-order valence-electron chi connectivity index (χ0n) is 11.6. The van der Waals surface area contributed by atoms with Crippen molar-refractivity contribution in [2.24, 2.45) is 0 Å². The predicted molar refractivity (Wildman–Crippen MR) is 78.8 cm³/mol. The average Bonchev–Trinajstić information content (AvgIpc) is 2.27. The minimum Gasteiger partial charge on any atom is -0.353 e. The highest BCUT2D eigenvalue weighted by molar-refractivity contribution is 9.11. The summed E-state index contributed by atoms with van der Waals surface area (Å²) in [4.78, 5) is 16.5. The van der Waals surface area contributed by atoms with Gasteiger partial charge in [0.05, 0.1) is 6.04 Å². The number of rotatable bonds is 5. The molecule has 1 aliphatic heterocycles. The molecule has 1 atom stereocenters. The molecule has 1 saturated heterocycles. The van der Waals surface area contributed by atoms with Gasteiger partial charge in [0.25, 0.3) is 0 Å². The van der Waals surface area contributed by atoms with Gasteiger partial charge in [0.15, 0.2) is 0 Å². The van der Waals surface area contributed by atoms with Crippen molar-refractivity contribution >= 4 is 21.8 Å². The van der Waals surface area contributed by atoms with E-state index >= 15 is 0 Å². The van der Waals surface area contributed by atoms with E-state index in [1.807, 2.05) is 20.8 Å². The molecule has 0 unspecified atom stereocenters. The molecule has 1 amide bonds. The lowest BCUT2D eigenvalue weighted by Crippen LogP contribution is -2.54. The first-order chi connectivity index (χ1) is 8.40. The number of carbonyl (C=O) groups excluding carboxylic acids is 1. The third kappa shape index (κ3) is 5.08. The van der Waals surface area contributed by atoms with Crippen molar-refractivity contribution in [1.29, 1.82) is 0 Å². The highest BCUT2D eigenvalue weighted by atomic mass is 79.9. The van der Waals surface area contributed by atoms with Gasteiger partial charge in [-0.2, -0.15) is 0 Å². The fourth-order valence-corrected chi connectivity index (χ4v) is 2.48. The Kier molecular flexibility index (Phi) is 6.32. The van der Waals surface area contributed by atoms with Crippen molar-refractivity contribution in [3.63, 3.8) is 0 Å². The Labute approximate surface area is 119 Å². The monoisotopic (exact) mass is 317 g/mol. The van der Waals surface area contributed by atoms with Gasteiger partial charge in [-0.15, -0.1) is 0 Å². The van der Waals surface area contributed by atoms with E-state index in [1.165, 1.54) is 0 Å². The Hall–Kier alpha value is -0.390. The molecule has 1 fully saturated rings. The number of carbonyl (C=O) groups is 1. The molecule has 0 aliphatic carbocycles. The lowest BCUT2D eigenvalue weighted by molar-refractivity contribution is -0.127. The van der Waals surface area contributed by atoms with Crippen molar-refractivity contribution in [2.45, 2.75) is 32.9 Å². The van der Waals surface area contributed by atoms with Crippen LogP contribution in [0, 0.1) is 0 Å². The number of nitrogens with zero attached hydrogens (tertiary/aromatic N) is 2. The topological polar surface area (TPSA) is 35.6 Å². The molecule has 18 heavy (non-hydrogen) atoms. The molecule has 0 aromatic rings. The molecule has 1 N–H and O–H groups in total. The van der Waals surface area contributed by atoms with E-state index in [-0.39, 0.29) is 18.0 Å². The van der Waals surface area contributed by atoms with Gasteiger partial charge < -0.3 is 5.32 Å². The van der Waals surface area contributed by atoms with Crippen LogP contribution < -0.4 is 5.32 Å². The van der Waals surface area contributed by atoms with Crippen LogP contribution in [0.15, 0.2) is 11.1 Å². The van der Waals surface area contributed by atoms with Crippen molar-refractivity contribution in [3.8, 4) is 0 Å². The molecule has 0 aromatic carbocycles. The van der Waals surface area contributed by atoms with Crippen LogP contribution in [-0.2, 0) is 4.79 Å². The van der Waals surface area contributed by atoms with Gasteiger partial charge in [-0.25, -0.2) is 0 Å². The lowest BCUT2D eigenvalue weighted by Gasteiger charge is -2.37. The van der Waals surface area contributed by atoms with Crippen LogP contribution in [-0.4, -0.2) is 60.5 Å². The molecule has 0 radical (unpaired) electrons. The van der Waals surface area contributed by atoms with Gasteiger partial charge >= 0.3 is 0 Å². The van der Waals surface area contributed by atoms with E-state index in [1.54, 1.807) is 0 Å². The van der Waals surface area contributed by atoms with E-state index in [0.29, 0.717) is 0 Å². The van der Waals surface area contributed by atoms with Gasteiger partial charge in [-0.05, 0) is 20.8 Å². The van der Waals surface area contributed by atoms with Crippen molar-refractivity contribution in [1.82, 2.24) is 15.1 Å². The first kappa shape index (κ1) is 15.7. The average molecular weight is 318 g/mol. The van der Waals surface area contributed by atoms with E-state index in [9.17, 15) is 4.79 Å². The molecular formula is C13H24BrN3O. The highest BCUT2D eigenvalue weighted by Crippen LogP contribution is 2.10. The number of nitrogens with one attached hydrogen (secondary N) is 1. The lowest BCUT2D eigenvalue weighted by atomic mass is 10.2. The summed E-state index contributed by atoms with van der Waals surface area (Å²) in [7, 11) is 0. The largest absolute Gasteiger partial charge is 0.353 e. The maximum atomic E-state index is 11.9. The zero-order chi connectivity index (χ0) is 13.7. The summed E-state index contributed by atoms with van der Waals surface area (Å²) < 4.78 is 1.02. The SMILES string of the molecule is C=C(Br)CN1CCN([C@H](C)C(=O)NC(C)C)CC1. The van der Waals surface area contributed by atoms with E-state index < -0.39 is 0 Å². The van der Waals surface area contributed by atoms with Crippen LogP contribution >= 0.6 is 15.9 Å². The third-order valence-corrected chi connectivity index (χ3v) is 3.41. The van der Waals surface area contributed by atoms with Crippen molar-refractivity contribution in [2.75, 3.05) is 32.7 Å². The fourth-order valence-electron chi connectivity index (χ4n) is 2.12. The normalized spacial score (nSPS) is 19.8. The highest BCUT2D eigenvalue weighted by Gasteiger charge is 2.25. The minimum atomic E-state index is -0.0401. The molecule has 0 aromatic heterocycles. The molecule has 1 rings (SSSR count). The van der Waals surface area contributed by atoms with Crippen LogP contribution in [0.1, 0.15) is 20.8 Å². The Bertz CT molecular complexity index is 299. The van der Waals surface area contributed by atoms with E-state index in [2.05, 4.69) is 37.6 Å². The second-order valence-corrected chi connectivity index (χ2v) is 6.29. The number of piperazine rings is 1. The third-order valence-electron chi connectivity index (χ3n) is 3.16. The van der Waals surface area contributed by atoms with Crippen LogP contribution in [0.3, 0.4) is 0 Å². The van der Waals surface area contributed by atoms with Gasteiger partial charge in [0.1, 0.15) is 0 Å². The van der Waals surface area contributed by atoms with Crippen LogP contribution in [0.2, 0.25) is 0 Å². The van der Waals surface area contributed by atoms with E-state index in [0.717, 1.165) is 37.2 Å². The van der Waals surface area contributed by atoms with Crippen LogP contribution in [0.5, 0.6) is 0 Å². The standard InChI is InChI=1S/C13H24BrN3O/c1-10(2)15-13(18)12(4)17-7-5-16(6-8-17)9-11(3)14/h10,12H,3,5-9H2,1-2,4H3,(H,15,18)/t12-/m1/s1. The summed E-state index contributed by atoms with van der Waals surface area (Å²) in [6.07, 6.45) is 0. The predicted octanol–water partition coefficient (Wildman–Crippen LogP) is 1.43. The second-order valence-electron chi connectivity index (χ2n) is 5.17. The minimum absolute atomic E-state index is 0.0401. The number of hydrogen-bond donors (Lipinski definition) is 1. The summed E-state index contributed by atoms with van der Waals surface area (Å²) in [5.74, 6) is 0.128. The molecule has 1 aliphatic rings. The molecular weight excluding hydrogens is 294 g/mol. The zero-order valence-corrected chi connectivity index (χ0v) is 13.2. The Morgan fingerprint density at radius 2 is 1.83 bits per heavy atom. The number of halogens is 1. The smallest absolute Gasteiger partial charge is 0.237 e. The van der Waals surface area contributed by atoms with Crippen LogP contribution in [0.25, 0.3) is 0 Å². The van der Waals surface area contributed by atoms with Gasteiger partial charge in [-0.3, -0.25) is 14.6 Å². The first-order valence-electron chi connectivity index (χ1n) is 6.50. The van der Waals surface area contributed by atoms with Gasteiger partial charge in [0.2, 0.25) is 5.91 Å². The summed E-state index contributed by atoms with van der Waals surface area (Å²) in [6.45, 7) is 14.6. The van der Waals surface area contributed by atoms with Crippen molar-refractivity contribution < 1.29 is 4.79 Å². The molecule has 0 spiro atoms. The summed E-state index contributed by atoms with van der Waals surface area (Å²) >= 11 is 3.39. The molecule has 5 heteroatoms. The number of hydrogen-bond acceptors (Lipinski definition) is 3. The number of amides is 1. The van der Waals surface area contributed by atoms with Crippen LogP contribution in [0.4, 0.5) is 0 Å². The summed E-state index contributed by atoms with van der Waals surface area (Å²) in [5, 5.41) is 2.97. The maximum Gasteiger partial charge on any atom is 0.237 e. The maximum absolute atomic E-state index is 11.9. The molecule has 104 valence electrons. The Morgan fingerprint density at radius 1 is 1.28 bits per heavy atom. The Balaban J connectivity index is 2.37. The molecule has 4 nitrogen and oxygen atoms in total.